The maximum absolute atomic E-state index is 10.5. The second kappa shape index (κ2) is 11.1. The molecule has 2 aromatic rings. The number of nitrogens with zero attached hydrogens (tertiary/aromatic N) is 1. The van der Waals surface area contributed by atoms with Gasteiger partial charge in [-0.2, -0.15) is 0 Å². The standard InChI is InChI=1S/C19H27N3O3.HI/c1-4-20-18(22-14-19(2,23)17-10-7-13-25-17)21-12-11-15-8-5-6-9-16(15)24-3;/h5-10,13,23H,4,11-12,14H2,1-3H3,(H2,20,21,22);1H. The third-order valence-corrected chi connectivity index (χ3v) is 3.82. The first-order valence-electron chi connectivity index (χ1n) is 8.47. The molecule has 0 spiro atoms. The molecule has 26 heavy (non-hydrogen) atoms. The molecule has 0 aliphatic heterocycles. The van der Waals surface area contributed by atoms with E-state index in [0.29, 0.717) is 18.3 Å². The molecule has 0 aliphatic rings. The van der Waals surface area contributed by atoms with E-state index in [2.05, 4.69) is 15.6 Å². The molecule has 1 atom stereocenters. The molecule has 1 aromatic heterocycles. The van der Waals surface area contributed by atoms with E-state index in [-0.39, 0.29) is 30.5 Å². The number of para-hydroxylation sites is 1. The zero-order chi connectivity index (χ0) is 18.1. The van der Waals surface area contributed by atoms with Gasteiger partial charge < -0.3 is 24.9 Å². The Morgan fingerprint density at radius 1 is 1.23 bits per heavy atom. The summed E-state index contributed by atoms with van der Waals surface area (Å²) < 4.78 is 10.6. The molecule has 7 heteroatoms. The summed E-state index contributed by atoms with van der Waals surface area (Å²) in [5.74, 6) is 2.04. The molecule has 1 aromatic carbocycles. The van der Waals surface area contributed by atoms with Crippen LogP contribution in [0.2, 0.25) is 0 Å². The number of hydrogen-bond acceptors (Lipinski definition) is 4. The Morgan fingerprint density at radius 2 is 2.00 bits per heavy atom. The molecule has 0 saturated heterocycles. The van der Waals surface area contributed by atoms with Crippen molar-refractivity contribution in [2.75, 3.05) is 26.7 Å². The van der Waals surface area contributed by atoms with Crippen molar-refractivity contribution in [2.45, 2.75) is 25.9 Å². The summed E-state index contributed by atoms with van der Waals surface area (Å²) in [5, 5.41) is 17.0. The van der Waals surface area contributed by atoms with Gasteiger partial charge in [-0.05, 0) is 44.0 Å². The van der Waals surface area contributed by atoms with Gasteiger partial charge in [0.05, 0.1) is 19.9 Å². The predicted molar refractivity (Wildman–Crippen MR) is 114 cm³/mol. The lowest BCUT2D eigenvalue weighted by Gasteiger charge is -2.19. The summed E-state index contributed by atoms with van der Waals surface area (Å²) in [4.78, 5) is 4.47. The molecular formula is C19H28IN3O3. The van der Waals surface area contributed by atoms with Crippen molar-refractivity contribution in [1.29, 1.82) is 0 Å². The monoisotopic (exact) mass is 473 g/mol. The largest absolute Gasteiger partial charge is 0.496 e. The maximum Gasteiger partial charge on any atom is 0.191 e. The van der Waals surface area contributed by atoms with Crippen molar-refractivity contribution < 1.29 is 14.3 Å². The Hall–Kier alpha value is -1.74. The fourth-order valence-electron chi connectivity index (χ4n) is 2.46. The third-order valence-electron chi connectivity index (χ3n) is 3.82. The maximum atomic E-state index is 10.5. The molecule has 0 fully saturated rings. The van der Waals surface area contributed by atoms with Crippen LogP contribution in [0.3, 0.4) is 0 Å². The van der Waals surface area contributed by atoms with E-state index in [9.17, 15) is 5.11 Å². The van der Waals surface area contributed by atoms with Gasteiger partial charge in [-0.15, -0.1) is 24.0 Å². The molecule has 3 N–H and O–H groups in total. The number of guanidine groups is 1. The average molecular weight is 473 g/mol. The van der Waals surface area contributed by atoms with Gasteiger partial charge in [0.15, 0.2) is 5.96 Å². The lowest BCUT2D eigenvalue weighted by molar-refractivity contribution is 0.0437. The highest BCUT2D eigenvalue weighted by Crippen LogP contribution is 2.21. The van der Waals surface area contributed by atoms with Gasteiger partial charge >= 0.3 is 0 Å². The van der Waals surface area contributed by atoms with Crippen molar-refractivity contribution in [3.8, 4) is 5.75 Å². The molecule has 0 saturated carbocycles. The minimum atomic E-state index is -1.14. The number of benzene rings is 1. The van der Waals surface area contributed by atoms with Crippen LogP contribution in [0.5, 0.6) is 5.75 Å². The highest BCUT2D eigenvalue weighted by Gasteiger charge is 2.26. The first-order valence-corrected chi connectivity index (χ1v) is 8.47. The van der Waals surface area contributed by atoms with E-state index in [4.69, 9.17) is 9.15 Å². The van der Waals surface area contributed by atoms with E-state index >= 15 is 0 Å². The van der Waals surface area contributed by atoms with Gasteiger partial charge in [-0.3, -0.25) is 0 Å². The Bertz CT molecular complexity index is 672. The lowest BCUT2D eigenvalue weighted by atomic mass is 10.0. The zero-order valence-electron chi connectivity index (χ0n) is 15.5. The van der Waals surface area contributed by atoms with Crippen LogP contribution in [0, 0.1) is 0 Å². The van der Waals surface area contributed by atoms with Crippen LogP contribution in [0.4, 0.5) is 0 Å². The minimum absolute atomic E-state index is 0. The second-order valence-corrected chi connectivity index (χ2v) is 5.93. The Kier molecular flexibility index (Phi) is 9.50. The summed E-state index contributed by atoms with van der Waals surface area (Å²) in [6.07, 6.45) is 2.35. The second-order valence-electron chi connectivity index (χ2n) is 5.93. The fraction of sp³-hybridized carbons (Fsp3) is 0.421. The fourth-order valence-corrected chi connectivity index (χ4v) is 2.46. The first-order chi connectivity index (χ1) is 12.1. The molecule has 0 amide bonds. The van der Waals surface area contributed by atoms with E-state index < -0.39 is 5.60 Å². The van der Waals surface area contributed by atoms with Gasteiger partial charge in [0.1, 0.15) is 17.1 Å². The van der Waals surface area contributed by atoms with E-state index in [1.54, 1.807) is 32.4 Å². The van der Waals surface area contributed by atoms with E-state index in [1.165, 1.54) is 0 Å². The molecule has 1 unspecified atom stereocenters. The van der Waals surface area contributed by atoms with Gasteiger partial charge in [0.25, 0.3) is 0 Å². The predicted octanol–water partition coefficient (Wildman–Crippen LogP) is 2.91. The Morgan fingerprint density at radius 3 is 2.65 bits per heavy atom. The van der Waals surface area contributed by atoms with E-state index in [1.807, 2.05) is 31.2 Å². The summed E-state index contributed by atoms with van der Waals surface area (Å²) in [5.41, 5.74) is -0.00922. The van der Waals surface area contributed by atoms with Gasteiger partial charge in [-0.25, -0.2) is 4.99 Å². The number of aliphatic imine (C=N–C) groups is 1. The van der Waals surface area contributed by atoms with Crippen molar-refractivity contribution in [1.82, 2.24) is 10.6 Å². The molecule has 0 bridgehead atoms. The summed E-state index contributed by atoms with van der Waals surface area (Å²) in [6, 6.07) is 11.5. The number of ether oxygens (including phenoxy) is 1. The zero-order valence-corrected chi connectivity index (χ0v) is 17.8. The van der Waals surface area contributed by atoms with Crippen molar-refractivity contribution in [2.24, 2.45) is 4.99 Å². The number of hydrogen-bond donors (Lipinski definition) is 3. The number of aliphatic hydroxyl groups is 1. The van der Waals surface area contributed by atoms with E-state index in [0.717, 1.165) is 24.3 Å². The Labute approximate surface area is 172 Å². The number of nitrogens with one attached hydrogen (secondary N) is 2. The summed E-state index contributed by atoms with van der Waals surface area (Å²) >= 11 is 0. The quantitative estimate of drug-likeness (QED) is 0.312. The van der Waals surface area contributed by atoms with Crippen LogP contribution in [0.1, 0.15) is 25.2 Å². The van der Waals surface area contributed by atoms with Crippen LogP contribution < -0.4 is 15.4 Å². The number of methoxy groups -OCH3 is 1. The smallest absolute Gasteiger partial charge is 0.191 e. The molecule has 144 valence electrons. The molecule has 2 rings (SSSR count). The molecular weight excluding hydrogens is 445 g/mol. The molecule has 0 aliphatic carbocycles. The number of rotatable bonds is 8. The normalized spacial score (nSPS) is 13.5. The van der Waals surface area contributed by atoms with Gasteiger partial charge in [0.2, 0.25) is 0 Å². The van der Waals surface area contributed by atoms with Crippen LogP contribution in [0.25, 0.3) is 0 Å². The van der Waals surface area contributed by atoms with Gasteiger partial charge in [-0.1, -0.05) is 18.2 Å². The highest BCUT2D eigenvalue weighted by molar-refractivity contribution is 14.0. The molecule has 1 heterocycles. The third kappa shape index (κ3) is 6.53. The summed E-state index contributed by atoms with van der Waals surface area (Å²) in [7, 11) is 1.68. The average Bonchev–Trinajstić information content (AvgIpc) is 3.16. The van der Waals surface area contributed by atoms with Crippen molar-refractivity contribution in [3.05, 3.63) is 54.0 Å². The number of halogens is 1. The summed E-state index contributed by atoms with van der Waals surface area (Å²) in [6.45, 7) is 5.33. The van der Waals surface area contributed by atoms with Crippen LogP contribution in [0.15, 0.2) is 52.1 Å². The Balaban J connectivity index is 0.00000338. The van der Waals surface area contributed by atoms with Crippen molar-refractivity contribution in [3.63, 3.8) is 0 Å². The van der Waals surface area contributed by atoms with Crippen LogP contribution in [-0.2, 0) is 12.0 Å². The SMILES string of the molecule is CCNC(=NCC(C)(O)c1ccco1)NCCc1ccccc1OC.I. The lowest BCUT2D eigenvalue weighted by Crippen LogP contribution is -2.39. The first kappa shape index (κ1) is 22.3. The van der Waals surface area contributed by atoms with Crippen LogP contribution in [-0.4, -0.2) is 37.8 Å². The number of furan rings is 1. The molecule has 0 radical (unpaired) electrons. The topological polar surface area (TPSA) is 79.0 Å². The molecule has 6 nitrogen and oxygen atoms in total. The minimum Gasteiger partial charge on any atom is -0.496 e. The van der Waals surface area contributed by atoms with Gasteiger partial charge in [0, 0.05) is 13.1 Å². The highest BCUT2D eigenvalue weighted by atomic mass is 127. The van der Waals surface area contributed by atoms with Crippen molar-refractivity contribution >= 4 is 29.9 Å². The van der Waals surface area contributed by atoms with Crippen LogP contribution >= 0.6 is 24.0 Å².